The second kappa shape index (κ2) is 5.86. The first kappa shape index (κ1) is 11.3. The molecule has 1 aliphatic heterocycles. The van der Waals surface area contributed by atoms with Crippen LogP contribution in [-0.2, 0) is 0 Å². The normalized spacial score (nSPS) is 28.4. The molecule has 0 radical (unpaired) electrons. The van der Waals surface area contributed by atoms with Gasteiger partial charge in [-0.15, -0.1) is 0 Å². The van der Waals surface area contributed by atoms with Crippen LogP contribution in [0, 0.1) is 5.92 Å². The molecule has 0 saturated carbocycles. The SMILES string of the molecule is CC[C@@H]1CN(CCN=[N+]=[N-])CC[C@H]1O. The molecule has 14 heavy (non-hydrogen) atoms. The molecule has 5 nitrogen and oxygen atoms in total. The van der Waals surface area contributed by atoms with Crippen LogP contribution in [0.4, 0.5) is 0 Å². The monoisotopic (exact) mass is 198 g/mol. The Morgan fingerprint density at radius 1 is 1.64 bits per heavy atom. The van der Waals surface area contributed by atoms with Crippen LogP contribution in [0.2, 0.25) is 0 Å². The number of hydrogen-bond acceptors (Lipinski definition) is 3. The fraction of sp³-hybridized carbons (Fsp3) is 1.00. The predicted octanol–water partition coefficient (Wildman–Crippen LogP) is 1.39. The molecule has 0 aliphatic carbocycles. The molecular formula is C9H18N4O. The summed E-state index contributed by atoms with van der Waals surface area (Å²) in [5.74, 6) is 0.384. The van der Waals surface area contributed by atoms with Crippen LogP contribution in [0.25, 0.3) is 10.4 Å². The van der Waals surface area contributed by atoms with E-state index in [0.717, 1.165) is 32.5 Å². The van der Waals surface area contributed by atoms with E-state index in [2.05, 4.69) is 21.8 Å². The lowest BCUT2D eigenvalue weighted by molar-refractivity contribution is 0.0264. The van der Waals surface area contributed by atoms with Gasteiger partial charge < -0.3 is 10.0 Å². The van der Waals surface area contributed by atoms with Crippen LogP contribution in [0.1, 0.15) is 19.8 Å². The largest absolute Gasteiger partial charge is 0.393 e. The number of rotatable bonds is 4. The molecule has 5 heteroatoms. The van der Waals surface area contributed by atoms with Gasteiger partial charge in [-0.05, 0) is 24.3 Å². The van der Waals surface area contributed by atoms with Crippen LogP contribution in [0.15, 0.2) is 5.11 Å². The fourth-order valence-corrected chi connectivity index (χ4v) is 1.93. The number of piperidine rings is 1. The maximum atomic E-state index is 9.65. The van der Waals surface area contributed by atoms with Crippen LogP contribution < -0.4 is 0 Å². The highest BCUT2D eigenvalue weighted by molar-refractivity contribution is 4.79. The van der Waals surface area contributed by atoms with Crippen molar-refractivity contribution >= 4 is 0 Å². The van der Waals surface area contributed by atoms with E-state index in [1.165, 1.54) is 0 Å². The van der Waals surface area contributed by atoms with E-state index < -0.39 is 0 Å². The van der Waals surface area contributed by atoms with Crippen molar-refractivity contribution in [3.05, 3.63) is 10.4 Å². The summed E-state index contributed by atoms with van der Waals surface area (Å²) in [6.07, 6.45) is 1.71. The number of aliphatic hydroxyl groups excluding tert-OH is 1. The van der Waals surface area contributed by atoms with Gasteiger partial charge in [-0.3, -0.25) is 0 Å². The third kappa shape index (κ3) is 3.18. The van der Waals surface area contributed by atoms with Crippen molar-refractivity contribution in [1.29, 1.82) is 0 Å². The molecule has 1 N–H and O–H groups in total. The van der Waals surface area contributed by atoms with Crippen LogP contribution >= 0.6 is 0 Å². The van der Waals surface area contributed by atoms with Gasteiger partial charge in [-0.25, -0.2) is 0 Å². The molecule has 0 amide bonds. The predicted molar refractivity (Wildman–Crippen MR) is 54.9 cm³/mol. The molecule has 0 unspecified atom stereocenters. The van der Waals surface area contributed by atoms with Crippen LogP contribution in [0.3, 0.4) is 0 Å². The first-order valence-corrected chi connectivity index (χ1v) is 5.19. The minimum Gasteiger partial charge on any atom is -0.393 e. The Morgan fingerprint density at radius 3 is 3.07 bits per heavy atom. The van der Waals surface area contributed by atoms with Gasteiger partial charge in [0.05, 0.1) is 6.10 Å². The molecule has 0 bridgehead atoms. The molecule has 1 fully saturated rings. The molecule has 2 atom stereocenters. The Labute approximate surface area is 84.3 Å². The molecule has 1 heterocycles. The van der Waals surface area contributed by atoms with Gasteiger partial charge in [-0.2, -0.15) is 0 Å². The Bertz CT molecular complexity index is 215. The Kier molecular flexibility index (Phi) is 4.73. The highest BCUT2D eigenvalue weighted by Crippen LogP contribution is 2.19. The first-order chi connectivity index (χ1) is 6.77. The summed E-state index contributed by atoms with van der Waals surface area (Å²) in [4.78, 5) is 4.98. The Morgan fingerprint density at radius 2 is 2.43 bits per heavy atom. The summed E-state index contributed by atoms with van der Waals surface area (Å²) in [6, 6.07) is 0. The molecule has 1 rings (SSSR count). The highest BCUT2D eigenvalue weighted by atomic mass is 16.3. The van der Waals surface area contributed by atoms with Gasteiger partial charge in [0, 0.05) is 31.1 Å². The zero-order valence-electron chi connectivity index (χ0n) is 8.63. The maximum absolute atomic E-state index is 9.65. The standard InChI is InChI=1S/C9H18N4O/c1-2-8-7-13(5-3-9(8)14)6-4-11-12-10/h8-9,14H,2-7H2,1H3/t8-,9-/m1/s1. The van der Waals surface area contributed by atoms with E-state index in [9.17, 15) is 5.11 Å². The topological polar surface area (TPSA) is 72.2 Å². The van der Waals surface area contributed by atoms with E-state index in [1.807, 2.05) is 0 Å². The van der Waals surface area contributed by atoms with Crippen molar-refractivity contribution in [1.82, 2.24) is 4.90 Å². The molecular weight excluding hydrogens is 180 g/mol. The van der Waals surface area contributed by atoms with Gasteiger partial charge in [0.2, 0.25) is 0 Å². The first-order valence-electron chi connectivity index (χ1n) is 5.19. The van der Waals surface area contributed by atoms with Gasteiger partial charge in [0.15, 0.2) is 0 Å². The average molecular weight is 198 g/mol. The lowest BCUT2D eigenvalue weighted by Gasteiger charge is -2.35. The highest BCUT2D eigenvalue weighted by Gasteiger charge is 2.25. The number of hydrogen-bond donors (Lipinski definition) is 1. The third-order valence-corrected chi connectivity index (χ3v) is 2.88. The third-order valence-electron chi connectivity index (χ3n) is 2.88. The summed E-state index contributed by atoms with van der Waals surface area (Å²) in [5.41, 5.74) is 8.14. The zero-order valence-corrected chi connectivity index (χ0v) is 8.63. The molecule has 0 aromatic carbocycles. The van der Waals surface area contributed by atoms with E-state index in [1.54, 1.807) is 0 Å². The van der Waals surface area contributed by atoms with Gasteiger partial charge in [0.25, 0.3) is 0 Å². The van der Waals surface area contributed by atoms with E-state index >= 15 is 0 Å². The van der Waals surface area contributed by atoms with Crippen molar-refractivity contribution in [2.24, 2.45) is 11.0 Å². The van der Waals surface area contributed by atoms with E-state index in [-0.39, 0.29) is 6.10 Å². The van der Waals surface area contributed by atoms with E-state index in [4.69, 9.17) is 5.53 Å². The van der Waals surface area contributed by atoms with E-state index in [0.29, 0.717) is 12.5 Å². The zero-order chi connectivity index (χ0) is 10.4. The van der Waals surface area contributed by atoms with Crippen LogP contribution in [0.5, 0.6) is 0 Å². The average Bonchev–Trinajstić information content (AvgIpc) is 2.21. The van der Waals surface area contributed by atoms with Crippen molar-refractivity contribution in [2.45, 2.75) is 25.9 Å². The molecule has 0 aromatic heterocycles. The summed E-state index contributed by atoms with van der Waals surface area (Å²) in [5, 5.41) is 13.2. The minimum absolute atomic E-state index is 0.143. The second-order valence-electron chi connectivity index (χ2n) is 3.78. The smallest absolute Gasteiger partial charge is 0.0592 e. The summed E-state index contributed by atoms with van der Waals surface area (Å²) in [6.45, 7) is 5.29. The van der Waals surface area contributed by atoms with Gasteiger partial charge >= 0.3 is 0 Å². The quantitative estimate of drug-likeness (QED) is 0.421. The second-order valence-corrected chi connectivity index (χ2v) is 3.78. The van der Waals surface area contributed by atoms with Gasteiger partial charge in [0.1, 0.15) is 0 Å². The summed E-state index contributed by atoms with van der Waals surface area (Å²) < 4.78 is 0. The number of nitrogens with zero attached hydrogens (tertiary/aromatic N) is 4. The minimum atomic E-state index is -0.143. The Hall–Kier alpha value is -0.770. The Balaban J connectivity index is 2.30. The summed E-state index contributed by atoms with van der Waals surface area (Å²) >= 11 is 0. The maximum Gasteiger partial charge on any atom is 0.0592 e. The van der Waals surface area contributed by atoms with Crippen molar-refractivity contribution in [2.75, 3.05) is 26.2 Å². The lowest BCUT2D eigenvalue weighted by Crippen LogP contribution is -2.43. The lowest BCUT2D eigenvalue weighted by atomic mass is 9.92. The molecule has 1 saturated heterocycles. The molecule has 0 aromatic rings. The van der Waals surface area contributed by atoms with Crippen LogP contribution in [-0.4, -0.2) is 42.3 Å². The van der Waals surface area contributed by atoms with Crippen molar-refractivity contribution < 1.29 is 5.11 Å². The molecule has 80 valence electrons. The number of aliphatic hydroxyl groups is 1. The van der Waals surface area contributed by atoms with Crippen molar-refractivity contribution in [3.8, 4) is 0 Å². The summed E-state index contributed by atoms with van der Waals surface area (Å²) in [7, 11) is 0. The number of azide groups is 1. The molecule has 1 aliphatic rings. The molecule has 0 spiro atoms. The fourth-order valence-electron chi connectivity index (χ4n) is 1.93. The number of likely N-dealkylation sites (tertiary alicyclic amines) is 1. The van der Waals surface area contributed by atoms with Crippen molar-refractivity contribution in [3.63, 3.8) is 0 Å². The van der Waals surface area contributed by atoms with Gasteiger partial charge in [-0.1, -0.05) is 12.0 Å².